The average molecular weight is 431 g/mol. The molecule has 3 aromatic heterocycles. The van der Waals surface area contributed by atoms with Crippen LogP contribution in [0.15, 0.2) is 30.9 Å². The number of alkyl halides is 6. The van der Waals surface area contributed by atoms with E-state index in [0.29, 0.717) is 19.4 Å². The molecule has 13 heteroatoms. The second kappa shape index (κ2) is 7.29. The van der Waals surface area contributed by atoms with Gasteiger partial charge in [-0.2, -0.15) is 36.4 Å². The number of hydrogen-bond acceptors (Lipinski definition) is 5. The van der Waals surface area contributed by atoms with Crippen molar-refractivity contribution in [2.45, 2.75) is 31.1 Å². The smallest absolute Gasteiger partial charge is 0.356 e. The van der Waals surface area contributed by atoms with Crippen molar-refractivity contribution in [1.82, 2.24) is 29.7 Å². The lowest BCUT2D eigenvalue weighted by Crippen LogP contribution is -2.35. The van der Waals surface area contributed by atoms with Gasteiger partial charge in [-0.1, -0.05) is 0 Å². The maximum absolute atomic E-state index is 13.4. The summed E-state index contributed by atoms with van der Waals surface area (Å²) in [5, 5.41) is 5.70. The molecule has 0 aromatic carbocycles. The second-order valence-electron chi connectivity index (χ2n) is 6.87. The largest absolute Gasteiger partial charge is 0.435 e. The van der Waals surface area contributed by atoms with Crippen LogP contribution in [0.25, 0.3) is 5.95 Å². The van der Waals surface area contributed by atoms with Gasteiger partial charge in [0.1, 0.15) is 12.1 Å². The molecule has 0 aliphatic carbocycles. The summed E-state index contributed by atoms with van der Waals surface area (Å²) in [5.41, 5.74) is -1.86. The van der Waals surface area contributed by atoms with Crippen LogP contribution in [0.2, 0.25) is 0 Å². The first-order chi connectivity index (χ1) is 14.1. The van der Waals surface area contributed by atoms with Crippen LogP contribution in [0.3, 0.4) is 0 Å². The van der Waals surface area contributed by atoms with Crippen molar-refractivity contribution in [3.8, 4) is 5.95 Å². The fourth-order valence-corrected chi connectivity index (χ4v) is 3.35. The molecule has 0 bridgehead atoms. The minimum atomic E-state index is -4.69. The first-order valence-electron chi connectivity index (χ1n) is 8.93. The topological polar surface area (TPSA) is 75.5 Å². The van der Waals surface area contributed by atoms with E-state index in [1.165, 1.54) is 23.3 Å². The number of nitrogens with zero attached hydrogens (tertiary/aromatic N) is 6. The zero-order valence-corrected chi connectivity index (χ0v) is 15.2. The number of hydrogen-bond donors (Lipinski definition) is 1. The summed E-state index contributed by atoms with van der Waals surface area (Å²) in [6.07, 6.45) is -4.04. The molecule has 0 spiro atoms. The van der Waals surface area contributed by atoms with Gasteiger partial charge in [0.05, 0.1) is 0 Å². The number of piperidine rings is 1. The van der Waals surface area contributed by atoms with Gasteiger partial charge < -0.3 is 4.90 Å². The van der Waals surface area contributed by atoms with E-state index >= 15 is 0 Å². The van der Waals surface area contributed by atoms with Gasteiger partial charge >= 0.3 is 12.4 Å². The summed E-state index contributed by atoms with van der Waals surface area (Å²) in [6.45, 7) is 0.603. The first kappa shape index (κ1) is 20.2. The van der Waals surface area contributed by atoms with Crippen molar-refractivity contribution in [2.24, 2.45) is 0 Å². The molecule has 160 valence electrons. The van der Waals surface area contributed by atoms with E-state index in [1.54, 1.807) is 4.90 Å². The van der Waals surface area contributed by atoms with Gasteiger partial charge in [-0.3, -0.25) is 9.67 Å². The number of rotatable bonds is 3. The third-order valence-electron chi connectivity index (χ3n) is 4.80. The van der Waals surface area contributed by atoms with Crippen LogP contribution in [0.5, 0.6) is 0 Å². The van der Waals surface area contributed by atoms with Crippen molar-refractivity contribution in [3.63, 3.8) is 0 Å². The van der Waals surface area contributed by atoms with E-state index in [-0.39, 0.29) is 29.9 Å². The molecule has 1 N–H and O–H groups in total. The minimum absolute atomic E-state index is 0.0429. The van der Waals surface area contributed by atoms with Gasteiger partial charge in [0.15, 0.2) is 11.4 Å². The highest BCUT2D eigenvalue weighted by atomic mass is 19.4. The summed E-state index contributed by atoms with van der Waals surface area (Å²) in [7, 11) is 0. The summed E-state index contributed by atoms with van der Waals surface area (Å²) < 4.78 is 79.8. The molecule has 0 saturated carbocycles. The van der Waals surface area contributed by atoms with Crippen LogP contribution < -0.4 is 4.90 Å². The predicted molar refractivity (Wildman–Crippen MR) is 91.9 cm³/mol. The highest BCUT2D eigenvalue weighted by Gasteiger charge is 2.37. The van der Waals surface area contributed by atoms with Crippen molar-refractivity contribution in [3.05, 3.63) is 47.9 Å². The molecule has 1 aliphatic rings. The molecule has 1 fully saturated rings. The lowest BCUT2D eigenvalue weighted by atomic mass is 9.94. The Kier molecular flexibility index (Phi) is 4.90. The third kappa shape index (κ3) is 4.09. The van der Waals surface area contributed by atoms with Crippen LogP contribution in [0.4, 0.5) is 32.2 Å². The summed E-state index contributed by atoms with van der Waals surface area (Å²) in [5.74, 6) is -0.509. The maximum atomic E-state index is 13.4. The Morgan fingerprint density at radius 3 is 2.40 bits per heavy atom. The fraction of sp³-hybridized carbons (Fsp3) is 0.412. The van der Waals surface area contributed by atoms with E-state index in [1.807, 2.05) is 0 Å². The number of anilines is 1. The Hall–Kier alpha value is -3.12. The Morgan fingerprint density at radius 2 is 1.77 bits per heavy atom. The molecule has 4 rings (SSSR count). The Bertz CT molecular complexity index is 1010. The zero-order chi connectivity index (χ0) is 21.5. The van der Waals surface area contributed by atoms with Crippen LogP contribution in [-0.2, 0) is 12.4 Å². The average Bonchev–Trinajstić information content (AvgIpc) is 3.39. The van der Waals surface area contributed by atoms with Crippen LogP contribution in [0, 0.1) is 0 Å². The summed E-state index contributed by atoms with van der Waals surface area (Å²) >= 11 is 0. The Morgan fingerprint density at radius 1 is 1.00 bits per heavy atom. The number of H-pyrrole nitrogens is 1. The van der Waals surface area contributed by atoms with Crippen molar-refractivity contribution in [2.75, 3.05) is 18.0 Å². The van der Waals surface area contributed by atoms with Crippen molar-refractivity contribution < 1.29 is 26.3 Å². The van der Waals surface area contributed by atoms with Gasteiger partial charge in [0.2, 0.25) is 5.95 Å². The van der Waals surface area contributed by atoms with Gasteiger partial charge in [0.25, 0.3) is 0 Å². The lowest BCUT2D eigenvalue weighted by molar-refractivity contribution is -0.142. The minimum Gasteiger partial charge on any atom is -0.356 e. The molecule has 1 aliphatic heterocycles. The van der Waals surface area contributed by atoms with Crippen molar-refractivity contribution >= 4 is 5.82 Å². The zero-order valence-electron chi connectivity index (χ0n) is 15.2. The second-order valence-corrected chi connectivity index (χ2v) is 6.87. The van der Waals surface area contributed by atoms with Gasteiger partial charge in [-0.15, -0.1) is 0 Å². The monoisotopic (exact) mass is 431 g/mol. The van der Waals surface area contributed by atoms with E-state index in [4.69, 9.17) is 0 Å². The number of aromatic nitrogens is 6. The Balaban J connectivity index is 1.64. The fourth-order valence-electron chi connectivity index (χ4n) is 3.35. The molecule has 30 heavy (non-hydrogen) atoms. The molecular formula is C17H15F6N7. The molecule has 4 heterocycles. The number of nitrogens with one attached hydrogen (secondary N) is 1. The third-order valence-corrected chi connectivity index (χ3v) is 4.80. The van der Waals surface area contributed by atoms with Gasteiger partial charge in [-0.05, 0) is 18.9 Å². The highest BCUT2D eigenvalue weighted by Crippen LogP contribution is 2.35. The maximum Gasteiger partial charge on any atom is 0.435 e. The first-order valence-corrected chi connectivity index (χ1v) is 8.93. The Labute approximate surface area is 165 Å². The van der Waals surface area contributed by atoms with E-state index in [9.17, 15) is 26.3 Å². The molecule has 1 unspecified atom stereocenters. The van der Waals surface area contributed by atoms with Gasteiger partial charge in [-0.25, -0.2) is 9.97 Å². The van der Waals surface area contributed by atoms with E-state index < -0.39 is 23.7 Å². The SMILES string of the molecule is FC(F)(F)c1cc(C2CCCN(c3cc(C(F)(F)F)nc(-n4ccnc4)n3)C2)[nH]n1. The van der Waals surface area contributed by atoms with Crippen LogP contribution >= 0.6 is 0 Å². The molecule has 3 aromatic rings. The van der Waals surface area contributed by atoms with Crippen LogP contribution in [-0.4, -0.2) is 42.8 Å². The summed E-state index contributed by atoms with van der Waals surface area (Å²) in [4.78, 5) is 13.2. The molecule has 1 atom stereocenters. The number of halogens is 6. The van der Waals surface area contributed by atoms with Gasteiger partial charge in [0, 0.05) is 43.2 Å². The molecular weight excluding hydrogens is 416 g/mol. The molecule has 1 saturated heterocycles. The quantitative estimate of drug-likeness (QED) is 0.639. The molecule has 0 amide bonds. The number of aromatic amines is 1. The highest BCUT2D eigenvalue weighted by molar-refractivity contribution is 5.44. The standard InChI is InChI=1S/C17H15F6N7/c18-16(19,20)12-7-14(26-15(25-12)30-5-3-24-9-30)29-4-1-2-10(8-29)11-6-13(28-27-11)17(21,22)23/h3,5-7,9-10H,1-2,4,8H2,(H,27,28). The van der Waals surface area contributed by atoms with Crippen LogP contribution in [0.1, 0.15) is 35.8 Å². The molecule has 7 nitrogen and oxygen atoms in total. The van der Waals surface area contributed by atoms with Crippen molar-refractivity contribution in [1.29, 1.82) is 0 Å². The normalized spacial score (nSPS) is 18.1. The molecule has 0 radical (unpaired) electrons. The predicted octanol–water partition coefficient (Wildman–Crippen LogP) is 3.81. The number of imidazole rings is 1. The van der Waals surface area contributed by atoms with E-state index in [0.717, 1.165) is 12.1 Å². The summed E-state index contributed by atoms with van der Waals surface area (Å²) in [6, 6.07) is 1.78. The lowest BCUT2D eigenvalue weighted by Gasteiger charge is -2.33. The van der Waals surface area contributed by atoms with E-state index in [2.05, 4.69) is 25.1 Å².